The fourth-order valence-corrected chi connectivity index (χ4v) is 6.20. The molecule has 10 heteroatoms. The Bertz CT molecular complexity index is 830. The van der Waals surface area contributed by atoms with E-state index in [0.29, 0.717) is 25.2 Å². The number of carbonyl (C=O) groups is 4. The van der Waals surface area contributed by atoms with E-state index in [1.807, 2.05) is 7.05 Å². The molecule has 0 aliphatic carbocycles. The maximum Gasteiger partial charge on any atom is 0.320 e. The number of nitrogens with zero attached hydrogens (tertiary/aromatic N) is 3. The molecule has 2 aliphatic heterocycles. The Balaban J connectivity index is 0.000000782. The molecule has 0 saturated carbocycles. The van der Waals surface area contributed by atoms with Crippen LogP contribution in [-0.4, -0.2) is 130 Å². The van der Waals surface area contributed by atoms with Gasteiger partial charge in [-0.2, -0.15) is 0 Å². The molecule has 2 rings (SSSR count). The molecule has 276 valence electrons. The zero-order valence-corrected chi connectivity index (χ0v) is 31.3. The maximum absolute atomic E-state index is 12.6. The second kappa shape index (κ2) is 29.2. The summed E-state index contributed by atoms with van der Waals surface area (Å²) in [5.41, 5.74) is 0. The number of ketones is 3. The summed E-state index contributed by atoms with van der Waals surface area (Å²) in [4.78, 5) is 52.6. The molecule has 47 heavy (non-hydrogen) atoms. The number of rotatable bonds is 17. The Hall–Kier alpha value is -1.72. The number of unbranched alkanes of at least 4 members (excludes halogenated alkanes) is 2. The van der Waals surface area contributed by atoms with Crippen molar-refractivity contribution < 1.29 is 29.0 Å². The third-order valence-electron chi connectivity index (χ3n) is 9.10. The predicted molar refractivity (Wildman–Crippen MR) is 192 cm³/mol. The largest absolute Gasteiger partial charge is 0.480 e. The van der Waals surface area contributed by atoms with E-state index in [1.165, 1.54) is 19.3 Å². The molecular formula is C37H72N4O6. The standard InChI is InChI=1S/C17H31NO2.C16H33N3O3.C4H8O/c1-4-15-9-5-7-11-18(3)12-8-6-10-16(17(15)20)13-14(2)19;1-14(20)13-19(4)12-8-7-11-18(3)10-6-5-9-15(17-2)16(21)22;1-2-4-5-3-1/h15-16H,4-13H2,1-3H3;15,17H,5-13H2,1-4H3,(H,21,22);1-4H2/t15-,16?;;/m0../s1. The van der Waals surface area contributed by atoms with Gasteiger partial charge in [0.2, 0.25) is 0 Å². The quantitative estimate of drug-likeness (QED) is 0.197. The first kappa shape index (κ1) is 45.3. The normalized spacial score (nSPS) is 20.3. The third-order valence-corrected chi connectivity index (χ3v) is 9.10. The second-order valence-electron chi connectivity index (χ2n) is 13.9. The SMILES string of the molecule is C1CCOC1.CC[C@H]1CCCCN(C)CCCCC(CC(C)=O)C1=O.CNC(CCCCN(C)CCCCN(C)CC(C)=O)C(=O)O. The fourth-order valence-electron chi connectivity index (χ4n) is 6.20. The van der Waals surface area contributed by atoms with E-state index < -0.39 is 12.0 Å². The lowest BCUT2D eigenvalue weighted by molar-refractivity contribution is -0.139. The van der Waals surface area contributed by atoms with Crippen LogP contribution in [0.1, 0.15) is 117 Å². The van der Waals surface area contributed by atoms with Crippen molar-refractivity contribution in [3.8, 4) is 0 Å². The molecule has 2 heterocycles. The Morgan fingerprint density at radius 3 is 1.83 bits per heavy atom. The van der Waals surface area contributed by atoms with E-state index in [0.717, 1.165) is 110 Å². The molecule has 0 radical (unpaired) electrons. The van der Waals surface area contributed by atoms with E-state index >= 15 is 0 Å². The number of carboxylic acid groups (broad SMARTS) is 1. The van der Waals surface area contributed by atoms with Gasteiger partial charge in [0.15, 0.2) is 0 Å². The summed E-state index contributed by atoms with van der Waals surface area (Å²) < 4.78 is 4.94. The summed E-state index contributed by atoms with van der Waals surface area (Å²) in [7, 11) is 7.95. The van der Waals surface area contributed by atoms with Crippen LogP contribution in [0.15, 0.2) is 0 Å². The van der Waals surface area contributed by atoms with Gasteiger partial charge in [0, 0.05) is 31.5 Å². The highest BCUT2D eigenvalue weighted by molar-refractivity contribution is 5.88. The van der Waals surface area contributed by atoms with Gasteiger partial charge in [0.25, 0.3) is 0 Å². The van der Waals surface area contributed by atoms with Crippen molar-refractivity contribution in [1.29, 1.82) is 0 Å². The lowest BCUT2D eigenvalue weighted by atomic mass is 9.82. The van der Waals surface area contributed by atoms with Crippen LogP contribution >= 0.6 is 0 Å². The first-order chi connectivity index (χ1) is 22.4. The van der Waals surface area contributed by atoms with Crippen LogP contribution in [0.5, 0.6) is 0 Å². The van der Waals surface area contributed by atoms with Gasteiger partial charge >= 0.3 is 5.97 Å². The molecule has 2 unspecified atom stereocenters. The zero-order chi connectivity index (χ0) is 35.5. The van der Waals surface area contributed by atoms with Gasteiger partial charge in [0.05, 0.1) is 6.54 Å². The minimum atomic E-state index is -0.773. The number of likely N-dealkylation sites (N-methyl/N-ethyl adjacent to an activating group) is 2. The third kappa shape index (κ3) is 25.9. The first-order valence-electron chi connectivity index (χ1n) is 18.5. The van der Waals surface area contributed by atoms with Gasteiger partial charge in [-0.15, -0.1) is 0 Å². The van der Waals surface area contributed by atoms with Crippen LogP contribution in [0, 0.1) is 11.8 Å². The highest BCUT2D eigenvalue weighted by Gasteiger charge is 2.26. The monoisotopic (exact) mass is 669 g/mol. The Kier molecular flexibility index (Phi) is 28.1. The number of carboxylic acids is 1. The smallest absolute Gasteiger partial charge is 0.320 e. The summed E-state index contributed by atoms with van der Waals surface area (Å²) >= 11 is 0. The van der Waals surface area contributed by atoms with E-state index in [2.05, 4.69) is 41.0 Å². The van der Waals surface area contributed by atoms with Crippen molar-refractivity contribution >= 4 is 23.3 Å². The molecular weight excluding hydrogens is 596 g/mol. The number of aliphatic carboxylic acids is 1. The molecule has 0 amide bonds. The summed E-state index contributed by atoms with van der Waals surface area (Å²) in [6.45, 7) is 13.1. The van der Waals surface area contributed by atoms with Gasteiger partial charge in [-0.3, -0.25) is 19.3 Å². The zero-order valence-electron chi connectivity index (χ0n) is 31.3. The predicted octanol–water partition coefficient (Wildman–Crippen LogP) is 5.32. The minimum absolute atomic E-state index is 0.0258. The summed E-state index contributed by atoms with van der Waals surface area (Å²) in [6, 6.07) is -0.429. The summed E-state index contributed by atoms with van der Waals surface area (Å²) in [6.07, 6.45) is 15.1. The van der Waals surface area contributed by atoms with Crippen molar-refractivity contribution in [3.63, 3.8) is 0 Å². The Morgan fingerprint density at radius 1 is 0.851 bits per heavy atom. The second-order valence-corrected chi connectivity index (χ2v) is 13.9. The average molecular weight is 669 g/mol. The van der Waals surface area contributed by atoms with Crippen molar-refractivity contribution in [2.45, 2.75) is 123 Å². The van der Waals surface area contributed by atoms with Crippen molar-refractivity contribution in [3.05, 3.63) is 0 Å². The first-order valence-corrected chi connectivity index (χ1v) is 18.5. The van der Waals surface area contributed by atoms with Crippen LogP contribution in [-0.2, 0) is 23.9 Å². The molecule has 2 saturated heterocycles. The lowest BCUT2D eigenvalue weighted by Crippen LogP contribution is -2.33. The Morgan fingerprint density at radius 2 is 1.38 bits per heavy atom. The topological polar surface area (TPSA) is 119 Å². The highest BCUT2D eigenvalue weighted by Crippen LogP contribution is 2.25. The van der Waals surface area contributed by atoms with Crippen LogP contribution < -0.4 is 5.32 Å². The molecule has 0 aromatic carbocycles. The number of ether oxygens (including phenoxy) is 1. The van der Waals surface area contributed by atoms with Crippen molar-refractivity contribution in [2.75, 3.05) is 80.7 Å². The van der Waals surface area contributed by atoms with Gasteiger partial charge in [0.1, 0.15) is 23.4 Å². The van der Waals surface area contributed by atoms with Gasteiger partial charge < -0.3 is 29.8 Å². The highest BCUT2D eigenvalue weighted by atomic mass is 16.5. The molecule has 10 nitrogen and oxygen atoms in total. The summed E-state index contributed by atoms with van der Waals surface area (Å²) in [5.74, 6) is 0.0942. The molecule has 0 aromatic rings. The minimum Gasteiger partial charge on any atom is -0.480 e. The lowest BCUT2D eigenvalue weighted by Gasteiger charge is -2.23. The van der Waals surface area contributed by atoms with Crippen LogP contribution in [0.3, 0.4) is 0 Å². The molecule has 2 N–H and O–H groups in total. The van der Waals surface area contributed by atoms with E-state index in [9.17, 15) is 19.2 Å². The molecule has 0 bridgehead atoms. The number of hydrogen-bond donors (Lipinski definition) is 2. The van der Waals surface area contributed by atoms with Crippen LogP contribution in [0.4, 0.5) is 0 Å². The number of carbonyl (C=O) groups excluding carboxylic acids is 3. The van der Waals surface area contributed by atoms with Crippen LogP contribution in [0.25, 0.3) is 0 Å². The molecule has 0 spiro atoms. The van der Waals surface area contributed by atoms with Crippen LogP contribution in [0.2, 0.25) is 0 Å². The van der Waals surface area contributed by atoms with Crippen molar-refractivity contribution in [1.82, 2.24) is 20.0 Å². The average Bonchev–Trinajstić information content (AvgIpc) is 3.60. The number of hydrogen-bond acceptors (Lipinski definition) is 9. The molecule has 3 atom stereocenters. The van der Waals surface area contributed by atoms with Gasteiger partial charge in [-0.25, -0.2) is 0 Å². The number of nitrogens with one attached hydrogen (secondary N) is 1. The number of Topliss-reactive ketones (excluding diaryl/α,β-unsaturated/α-hetero) is 3. The van der Waals surface area contributed by atoms with Gasteiger partial charge in [-0.1, -0.05) is 26.2 Å². The van der Waals surface area contributed by atoms with E-state index in [4.69, 9.17) is 9.84 Å². The molecule has 0 aromatic heterocycles. The van der Waals surface area contributed by atoms with Crippen molar-refractivity contribution in [2.24, 2.45) is 11.8 Å². The fraction of sp³-hybridized carbons (Fsp3) is 0.892. The summed E-state index contributed by atoms with van der Waals surface area (Å²) in [5, 5.41) is 11.7. The molecule has 2 fully saturated rings. The van der Waals surface area contributed by atoms with E-state index in [-0.39, 0.29) is 23.4 Å². The molecule has 2 aliphatic rings. The van der Waals surface area contributed by atoms with Gasteiger partial charge in [-0.05, 0) is 145 Å². The van der Waals surface area contributed by atoms with E-state index in [1.54, 1.807) is 20.9 Å². The maximum atomic E-state index is 12.6. The Labute approximate surface area is 287 Å².